The first-order valence-electron chi connectivity index (χ1n) is 11.7. The molecule has 1 saturated heterocycles. The van der Waals surface area contributed by atoms with E-state index in [4.69, 9.17) is 14.2 Å². The normalized spacial score (nSPS) is 15.5. The molecule has 0 bridgehead atoms. The Morgan fingerprint density at radius 2 is 1.74 bits per heavy atom. The fourth-order valence-electron chi connectivity index (χ4n) is 3.87. The van der Waals surface area contributed by atoms with Gasteiger partial charge in [0.05, 0.1) is 24.7 Å². The second-order valence-corrected chi connectivity index (χ2v) is 10.1. The minimum atomic E-state index is -3.54. The predicted octanol–water partition coefficient (Wildman–Crippen LogP) is 3.21. The quantitative estimate of drug-likeness (QED) is 0.432. The molecule has 1 unspecified atom stereocenters. The van der Waals surface area contributed by atoms with E-state index >= 15 is 0 Å². The van der Waals surface area contributed by atoms with Crippen LogP contribution in [0.1, 0.15) is 13.3 Å². The molecular weight excluding hydrogens is 468 g/mol. The van der Waals surface area contributed by atoms with Crippen molar-refractivity contribution in [2.75, 3.05) is 39.5 Å². The molecule has 0 spiro atoms. The summed E-state index contributed by atoms with van der Waals surface area (Å²) in [5, 5.41) is 4.86. The number of benzene rings is 3. The number of carbonyl (C=O) groups excluding carboxylic acids is 1. The molecule has 0 aliphatic carbocycles. The lowest BCUT2D eigenvalue weighted by molar-refractivity contribution is -0.128. The number of carbonyl (C=O) groups is 1. The Morgan fingerprint density at radius 3 is 2.49 bits per heavy atom. The molecule has 1 aliphatic rings. The van der Waals surface area contributed by atoms with E-state index in [0.29, 0.717) is 50.8 Å². The second kappa shape index (κ2) is 11.5. The maximum absolute atomic E-state index is 12.7. The van der Waals surface area contributed by atoms with E-state index in [-0.39, 0.29) is 17.4 Å². The van der Waals surface area contributed by atoms with Gasteiger partial charge in [-0.25, -0.2) is 8.42 Å². The van der Waals surface area contributed by atoms with Crippen LogP contribution in [0.4, 0.5) is 0 Å². The van der Waals surface area contributed by atoms with E-state index < -0.39 is 16.1 Å². The number of nitrogens with zero attached hydrogens (tertiary/aromatic N) is 1. The summed E-state index contributed by atoms with van der Waals surface area (Å²) in [7, 11) is -3.54. The van der Waals surface area contributed by atoms with Crippen LogP contribution in [0, 0.1) is 0 Å². The zero-order valence-electron chi connectivity index (χ0n) is 19.7. The fraction of sp³-hybridized carbons (Fsp3) is 0.346. The number of ether oxygens (including phenoxy) is 3. The van der Waals surface area contributed by atoms with E-state index in [9.17, 15) is 13.2 Å². The van der Waals surface area contributed by atoms with Gasteiger partial charge in [-0.05, 0) is 42.1 Å². The Balaban J connectivity index is 1.26. The van der Waals surface area contributed by atoms with Crippen LogP contribution < -0.4 is 14.8 Å². The van der Waals surface area contributed by atoms with Crippen molar-refractivity contribution in [2.24, 2.45) is 0 Å². The first kappa shape index (κ1) is 25.0. The van der Waals surface area contributed by atoms with E-state index in [1.54, 1.807) is 12.1 Å². The molecule has 1 heterocycles. The maximum atomic E-state index is 12.7. The largest absolute Gasteiger partial charge is 0.492 e. The minimum absolute atomic E-state index is 0.212. The van der Waals surface area contributed by atoms with Crippen LogP contribution in [0.3, 0.4) is 0 Å². The number of hydrogen-bond acceptors (Lipinski definition) is 6. The highest BCUT2D eigenvalue weighted by molar-refractivity contribution is 7.89. The van der Waals surface area contributed by atoms with Crippen molar-refractivity contribution in [1.29, 1.82) is 0 Å². The van der Waals surface area contributed by atoms with E-state index in [1.165, 1.54) is 16.4 Å². The Labute approximate surface area is 205 Å². The van der Waals surface area contributed by atoms with Gasteiger partial charge in [-0.15, -0.1) is 0 Å². The molecule has 35 heavy (non-hydrogen) atoms. The van der Waals surface area contributed by atoms with Gasteiger partial charge in [0.25, 0.3) is 5.91 Å². The van der Waals surface area contributed by atoms with Gasteiger partial charge in [0.15, 0.2) is 6.10 Å². The number of rotatable bonds is 10. The summed E-state index contributed by atoms with van der Waals surface area (Å²) in [4.78, 5) is 12.9. The molecule has 8 nitrogen and oxygen atoms in total. The summed E-state index contributed by atoms with van der Waals surface area (Å²) < 4.78 is 43.8. The number of sulfonamides is 1. The van der Waals surface area contributed by atoms with Crippen molar-refractivity contribution < 1.29 is 27.4 Å². The number of hydrogen-bond donors (Lipinski definition) is 1. The summed E-state index contributed by atoms with van der Waals surface area (Å²) in [6, 6.07) is 20.0. The third-order valence-corrected chi connectivity index (χ3v) is 7.70. The van der Waals surface area contributed by atoms with Crippen LogP contribution in [-0.2, 0) is 19.6 Å². The van der Waals surface area contributed by atoms with Crippen LogP contribution in [0.25, 0.3) is 10.8 Å². The van der Waals surface area contributed by atoms with E-state index in [0.717, 1.165) is 10.8 Å². The molecule has 0 saturated carbocycles. The van der Waals surface area contributed by atoms with Crippen molar-refractivity contribution >= 4 is 26.7 Å². The maximum Gasteiger partial charge on any atom is 0.261 e. The van der Waals surface area contributed by atoms with Gasteiger partial charge in [0.1, 0.15) is 18.1 Å². The standard InChI is InChI=1S/C26H30N2O6S/c1-2-24(34-25-9-5-7-20-6-3-4-8-23(20)25)26(29)27-14-17-33-21-10-12-22(13-11-21)35(30,31)28-15-18-32-19-16-28/h3-13,24H,2,14-19H2,1H3,(H,27,29). The van der Waals surface area contributed by atoms with Crippen LogP contribution in [0.2, 0.25) is 0 Å². The van der Waals surface area contributed by atoms with Crippen LogP contribution in [0.5, 0.6) is 11.5 Å². The van der Waals surface area contributed by atoms with Crippen LogP contribution in [0.15, 0.2) is 71.6 Å². The van der Waals surface area contributed by atoms with Crippen molar-refractivity contribution in [1.82, 2.24) is 9.62 Å². The monoisotopic (exact) mass is 498 g/mol. The van der Waals surface area contributed by atoms with Crippen LogP contribution >= 0.6 is 0 Å². The molecule has 3 aromatic carbocycles. The molecule has 0 aromatic heterocycles. The summed E-state index contributed by atoms with van der Waals surface area (Å²) in [6.07, 6.45) is -0.0971. The first-order chi connectivity index (χ1) is 17.0. The smallest absolute Gasteiger partial charge is 0.261 e. The lowest BCUT2D eigenvalue weighted by atomic mass is 10.1. The fourth-order valence-corrected chi connectivity index (χ4v) is 5.28. The van der Waals surface area contributed by atoms with Gasteiger partial charge in [0, 0.05) is 18.5 Å². The first-order valence-corrected chi connectivity index (χ1v) is 13.2. The highest BCUT2D eigenvalue weighted by Crippen LogP contribution is 2.26. The number of morpholine rings is 1. The average molecular weight is 499 g/mol. The van der Waals surface area contributed by atoms with Crippen LogP contribution in [-0.4, -0.2) is 64.2 Å². The van der Waals surface area contributed by atoms with Gasteiger partial charge in [-0.1, -0.05) is 43.3 Å². The molecule has 4 rings (SSSR count). The van der Waals surface area contributed by atoms with Gasteiger partial charge < -0.3 is 19.5 Å². The Morgan fingerprint density at radius 1 is 1.03 bits per heavy atom. The molecular formula is C26H30N2O6S. The van der Waals surface area contributed by atoms with E-state index in [2.05, 4.69) is 5.32 Å². The third kappa shape index (κ3) is 6.11. The lowest BCUT2D eigenvalue weighted by Crippen LogP contribution is -2.40. The van der Waals surface area contributed by atoms with Crippen molar-refractivity contribution in [3.05, 3.63) is 66.7 Å². The molecule has 186 valence electrons. The topological polar surface area (TPSA) is 94.2 Å². The molecule has 1 aliphatic heterocycles. The average Bonchev–Trinajstić information content (AvgIpc) is 2.90. The molecule has 0 radical (unpaired) electrons. The summed E-state index contributed by atoms with van der Waals surface area (Å²) in [5.41, 5.74) is 0. The molecule has 1 N–H and O–H groups in total. The van der Waals surface area contributed by atoms with E-state index in [1.807, 2.05) is 49.4 Å². The summed E-state index contributed by atoms with van der Waals surface area (Å²) in [6.45, 7) is 3.94. The molecule has 9 heteroatoms. The minimum Gasteiger partial charge on any atom is -0.492 e. The SMILES string of the molecule is CCC(Oc1cccc2ccccc12)C(=O)NCCOc1ccc(S(=O)(=O)N2CCOCC2)cc1. The van der Waals surface area contributed by atoms with Crippen molar-refractivity contribution in [3.63, 3.8) is 0 Å². The molecule has 1 atom stereocenters. The summed E-state index contributed by atoms with van der Waals surface area (Å²) >= 11 is 0. The number of nitrogens with one attached hydrogen (secondary N) is 1. The highest BCUT2D eigenvalue weighted by atomic mass is 32.2. The highest BCUT2D eigenvalue weighted by Gasteiger charge is 2.26. The molecule has 3 aromatic rings. The van der Waals surface area contributed by atoms with Gasteiger partial charge in [-0.3, -0.25) is 4.79 Å². The lowest BCUT2D eigenvalue weighted by Gasteiger charge is -2.26. The summed E-state index contributed by atoms with van der Waals surface area (Å²) in [5.74, 6) is 0.990. The number of fused-ring (bicyclic) bond motifs is 1. The molecule has 1 amide bonds. The Hall–Kier alpha value is -3.14. The Kier molecular flexibility index (Phi) is 8.22. The van der Waals surface area contributed by atoms with Crippen molar-refractivity contribution in [3.8, 4) is 11.5 Å². The van der Waals surface area contributed by atoms with Crippen molar-refractivity contribution in [2.45, 2.75) is 24.3 Å². The number of amides is 1. The second-order valence-electron chi connectivity index (χ2n) is 8.12. The Bertz CT molecular complexity index is 1230. The van der Waals surface area contributed by atoms with Gasteiger partial charge in [0.2, 0.25) is 10.0 Å². The third-order valence-electron chi connectivity index (χ3n) is 5.78. The zero-order chi connectivity index (χ0) is 24.7. The predicted molar refractivity (Wildman–Crippen MR) is 133 cm³/mol. The molecule has 1 fully saturated rings. The zero-order valence-corrected chi connectivity index (χ0v) is 20.5. The van der Waals surface area contributed by atoms with Gasteiger partial charge >= 0.3 is 0 Å². The van der Waals surface area contributed by atoms with Gasteiger partial charge in [-0.2, -0.15) is 4.31 Å².